The molecule has 0 bridgehead atoms. The van der Waals surface area contributed by atoms with Crippen molar-refractivity contribution in [3.63, 3.8) is 0 Å². The SMILES string of the molecule is CCOC(=O)c1ccc(NC(=O)C[C@H]2C(=O)N(c3ccccc3)C(=S)N2Cc2ccc(OC)c(OC)c2)cc1. The standard InChI is InChI=1S/C29H29N3O6S/c1-4-38-28(35)20-11-13-21(14-12-20)30-26(33)17-23-27(34)32(22-8-6-5-7-9-22)29(39)31(23)18-19-10-15-24(36-2)25(16-19)37-3/h5-16,23H,4,17-18H2,1-3H3,(H,30,33)/t23-/m0/s1. The lowest BCUT2D eigenvalue weighted by Crippen LogP contribution is -2.37. The lowest BCUT2D eigenvalue weighted by Gasteiger charge is -2.24. The molecule has 9 nitrogen and oxygen atoms in total. The second-order valence-corrected chi connectivity index (χ2v) is 9.04. The molecule has 0 aromatic heterocycles. The first-order valence-electron chi connectivity index (χ1n) is 12.3. The summed E-state index contributed by atoms with van der Waals surface area (Å²) in [5.41, 5.74) is 2.33. The number of nitrogens with one attached hydrogen (secondary N) is 1. The van der Waals surface area contributed by atoms with Crippen molar-refractivity contribution >= 4 is 46.5 Å². The van der Waals surface area contributed by atoms with Crippen LogP contribution in [0.25, 0.3) is 0 Å². The molecule has 0 saturated carbocycles. The third kappa shape index (κ3) is 6.18. The number of benzene rings is 3. The number of esters is 1. The number of anilines is 2. The highest BCUT2D eigenvalue weighted by atomic mass is 32.1. The van der Waals surface area contributed by atoms with Crippen LogP contribution in [-0.4, -0.2) is 54.7 Å². The summed E-state index contributed by atoms with van der Waals surface area (Å²) < 4.78 is 15.8. The molecule has 10 heteroatoms. The van der Waals surface area contributed by atoms with Crippen molar-refractivity contribution in [2.75, 3.05) is 31.0 Å². The summed E-state index contributed by atoms with van der Waals surface area (Å²) >= 11 is 5.75. The zero-order valence-corrected chi connectivity index (χ0v) is 22.7. The fourth-order valence-electron chi connectivity index (χ4n) is 4.30. The normalized spacial score (nSPS) is 14.8. The first kappa shape index (κ1) is 27.6. The Morgan fingerprint density at radius 2 is 1.64 bits per heavy atom. The van der Waals surface area contributed by atoms with Crippen LogP contribution in [0.1, 0.15) is 29.3 Å². The van der Waals surface area contributed by atoms with Gasteiger partial charge in [-0.2, -0.15) is 0 Å². The van der Waals surface area contributed by atoms with E-state index in [1.165, 1.54) is 4.90 Å². The van der Waals surface area contributed by atoms with Crippen LogP contribution in [0.2, 0.25) is 0 Å². The maximum absolute atomic E-state index is 13.6. The van der Waals surface area contributed by atoms with E-state index in [0.29, 0.717) is 33.5 Å². The van der Waals surface area contributed by atoms with Crippen molar-refractivity contribution in [2.24, 2.45) is 0 Å². The van der Waals surface area contributed by atoms with Gasteiger partial charge in [0.2, 0.25) is 5.91 Å². The number of carbonyl (C=O) groups excluding carboxylic acids is 3. The van der Waals surface area contributed by atoms with Gasteiger partial charge in [-0.05, 0) is 73.2 Å². The second-order valence-electron chi connectivity index (χ2n) is 8.67. The van der Waals surface area contributed by atoms with Crippen LogP contribution in [-0.2, 0) is 20.9 Å². The van der Waals surface area contributed by atoms with E-state index in [-0.39, 0.29) is 31.4 Å². The lowest BCUT2D eigenvalue weighted by atomic mass is 10.1. The number of amides is 2. The maximum atomic E-state index is 13.6. The Kier molecular flexibility index (Phi) is 8.77. The quantitative estimate of drug-likeness (QED) is 0.295. The summed E-state index contributed by atoms with van der Waals surface area (Å²) in [6.07, 6.45) is -0.130. The molecular formula is C29H29N3O6S. The molecule has 3 aromatic carbocycles. The Morgan fingerprint density at radius 3 is 2.28 bits per heavy atom. The highest BCUT2D eigenvalue weighted by Gasteiger charge is 2.44. The molecule has 1 fully saturated rings. The Hall–Kier alpha value is -4.44. The van der Waals surface area contributed by atoms with Crippen molar-refractivity contribution in [3.8, 4) is 11.5 Å². The first-order chi connectivity index (χ1) is 18.9. The number of hydrogen-bond donors (Lipinski definition) is 1. The van der Waals surface area contributed by atoms with Crippen molar-refractivity contribution in [2.45, 2.75) is 25.9 Å². The fraction of sp³-hybridized carbons (Fsp3) is 0.241. The van der Waals surface area contributed by atoms with Gasteiger partial charge in [0.1, 0.15) is 6.04 Å². The molecule has 39 heavy (non-hydrogen) atoms. The number of para-hydroxylation sites is 1. The van der Waals surface area contributed by atoms with Crippen molar-refractivity contribution in [1.29, 1.82) is 0 Å². The minimum Gasteiger partial charge on any atom is -0.493 e. The zero-order valence-electron chi connectivity index (χ0n) is 21.9. The molecule has 0 aliphatic carbocycles. The fourth-order valence-corrected chi connectivity index (χ4v) is 4.68. The zero-order chi connectivity index (χ0) is 27.9. The summed E-state index contributed by atoms with van der Waals surface area (Å²) in [6.45, 7) is 2.28. The van der Waals surface area contributed by atoms with Crippen LogP contribution in [0.4, 0.5) is 11.4 Å². The van der Waals surface area contributed by atoms with Gasteiger partial charge in [-0.1, -0.05) is 24.3 Å². The third-order valence-electron chi connectivity index (χ3n) is 6.19. The van der Waals surface area contributed by atoms with Gasteiger partial charge in [-0.25, -0.2) is 4.79 Å². The molecule has 1 aliphatic rings. The molecule has 1 saturated heterocycles. The molecule has 1 heterocycles. The van der Waals surface area contributed by atoms with E-state index in [2.05, 4.69) is 5.32 Å². The average Bonchev–Trinajstić information content (AvgIpc) is 3.17. The molecule has 3 aromatic rings. The van der Waals surface area contributed by atoms with Crippen LogP contribution in [0.15, 0.2) is 72.8 Å². The van der Waals surface area contributed by atoms with E-state index in [1.807, 2.05) is 30.3 Å². The number of rotatable bonds is 10. The minimum atomic E-state index is -0.829. The number of carbonyl (C=O) groups is 3. The van der Waals surface area contributed by atoms with E-state index in [9.17, 15) is 14.4 Å². The molecule has 0 unspecified atom stereocenters. The summed E-state index contributed by atoms with van der Waals surface area (Å²) in [5.74, 6) is 0.0306. The predicted molar refractivity (Wildman–Crippen MR) is 151 cm³/mol. The lowest BCUT2D eigenvalue weighted by molar-refractivity contribution is -0.124. The van der Waals surface area contributed by atoms with E-state index < -0.39 is 12.0 Å². The highest BCUT2D eigenvalue weighted by Crippen LogP contribution is 2.32. The van der Waals surface area contributed by atoms with Crippen molar-refractivity contribution in [3.05, 3.63) is 83.9 Å². The van der Waals surface area contributed by atoms with E-state index in [0.717, 1.165) is 5.56 Å². The van der Waals surface area contributed by atoms with Crippen LogP contribution in [0.3, 0.4) is 0 Å². The summed E-state index contributed by atoms with van der Waals surface area (Å²) in [7, 11) is 3.11. The number of ether oxygens (including phenoxy) is 3. The summed E-state index contributed by atoms with van der Waals surface area (Å²) in [6, 6.07) is 20.1. The van der Waals surface area contributed by atoms with Crippen LogP contribution < -0.4 is 19.7 Å². The monoisotopic (exact) mass is 547 g/mol. The van der Waals surface area contributed by atoms with Crippen molar-refractivity contribution < 1.29 is 28.6 Å². The molecule has 202 valence electrons. The summed E-state index contributed by atoms with van der Waals surface area (Å²) in [5, 5.41) is 3.11. The Labute approximate surface area is 232 Å². The van der Waals surface area contributed by atoms with Gasteiger partial charge in [0.15, 0.2) is 16.6 Å². The predicted octanol–water partition coefficient (Wildman–Crippen LogP) is 4.41. The smallest absolute Gasteiger partial charge is 0.338 e. The van der Waals surface area contributed by atoms with Crippen LogP contribution in [0.5, 0.6) is 11.5 Å². The van der Waals surface area contributed by atoms with E-state index in [1.54, 1.807) is 68.5 Å². The molecule has 1 N–H and O–H groups in total. The first-order valence-corrected chi connectivity index (χ1v) is 12.7. The second kappa shape index (κ2) is 12.4. The van der Waals surface area contributed by atoms with Gasteiger partial charge in [-0.15, -0.1) is 0 Å². The van der Waals surface area contributed by atoms with Crippen LogP contribution in [0, 0.1) is 0 Å². The molecular weight excluding hydrogens is 518 g/mol. The Balaban J connectivity index is 1.56. The Bertz CT molecular complexity index is 1360. The van der Waals surface area contributed by atoms with Crippen LogP contribution >= 0.6 is 12.2 Å². The molecule has 1 aliphatic heterocycles. The highest BCUT2D eigenvalue weighted by molar-refractivity contribution is 7.80. The van der Waals surface area contributed by atoms with Crippen molar-refractivity contribution in [1.82, 2.24) is 4.90 Å². The van der Waals surface area contributed by atoms with E-state index in [4.69, 9.17) is 26.4 Å². The molecule has 2 amide bonds. The molecule has 0 spiro atoms. The Morgan fingerprint density at radius 1 is 0.949 bits per heavy atom. The topological polar surface area (TPSA) is 97.4 Å². The van der Waals surface area contributed by atoms with Gasteiger partial charge in [0.05, 0.1) is 38.5 Å². The van der Waals surface area contributed by atoms with Gasteiger partial charge in [-0.3, -0.25) is 14.5 Å². The molecule has 4 rings (SSSR count). The number of thiocarbonyl (C=S) groups is 1. The molecule has 0 radical (unpaired) electrons. The van der Waals surface area contributed by atoms with Gasteiger partial charge >= 0.3 is 5.97 Å². The number of hydrogen-bond acceptors (Lipinski definition) is 7. The minimum absolute atomic E-state index is 0.130. The largest absolute Gasteiger partial charge is 0.493 e. The average molecular weight is 548 g/mol. The number of nitrogens with zero attached hydrogens (tertiary/aromatic N) is 2. The third-order valence-corrected chi connectivity index (χ3v) is 6.61. The van der Waals surface area contributed by atoms with Gasteiger partial charge < -0.3 is 24.4 Å². The molecule has 1 atom stereocenters. The van der Waals surface area contributed by atoms with Gasteiger partial charge in [0.25, 0.3) is 5.91 Å². The van der Waals surface area contributed by atoms with E-state index >= 15 is 0 Å². The van der Waals surface area contributed by atoms with Gasteiger partial charge in [0, 0.05) is 12.2 Å². The number of methoxy groups -OCH3 is 2. The maximum Gasteiger partial charge on any atom is 0.338 e. The summed E-state index contributed by atoms with van der Waals surface area (Å²) in [4.78, 5) is 41.8.